The van der Waals surface area contributed by atoms with Crippen LogP contribution in [0.3, 0.4) is 0 Å². The molecule has 3 heterocycles. The van der Waals surface area contributed by atoms with Crippen LogP contribution < -0.4 is 15.5 Å². The van der Waals surface area contributed by atoms with E-state index in [0.717, 1.165) is 49.7 Å². The Labute approximate surface area is 165 Å². The fourth-order valence-electron chi connectivity index (χ4n) is 3.32. The highest BCUT2D eigenvalue weighted by Crippen LogP contribution is 2.21. The van der Waals surface area contributed by atoms with Crippen molar-refractivity contribution in [2.75, 3.05) is 42.9 Å². The summed E-state index contributed by atoms with van der Waals surface area (Å²) in [6.45, 7) is 8.88. The monoisotopic (exact) mass is 379 g/mol. The van der Waals surface area contributed by atoms with Gasteiger partial charge in [0.1, 0.15) is 17.6 Å². The third-order valence-electron chi connectivity index (χ3n) is 4.69. The number of urea groups is 1. The first kappa shape index (κ1) is 19.6. The minimum atomic E-state index is -0.243. The molecule has 28 heavy (non-hydrogen) atoms. The van der Waals surface area contributed by atoms with Gasteiger partial charge >= 0.3 is 6.03 Å². The molecule has 2 N–H and O–H groups in total. The molecule has 1 aliphatic rings. The molecule has 8 nitrogen and oxygen atoms in total. The van der Waals surface area contributed by atoms with Gasteiger partial charge in [0.15, 0.2) is 0 Å². The van der Waals surface area contributed by atoms with Crippen molar-refractivity contribution in [3.05, 3.63) is 47.4 Å². The molecule has 0 atom stereocenters. The smallest absolute Gasteiger partial charge is 0.320 e. The fraction of sp³-hybridized carbons (Fsp3) is 0.400. The molecule has 2 aromatic heterocycles. The third-order valence-corrected chi connectivity index (χ3v) is 4.69. The van der Waals surface area contributed by atoms with Crippen molar-refractivity contribution in [1.29, 1.82) is 5.26 Å². The van der Waals surface area contributed by atoms with E-state index in [4.69, 9.17) is 5.26 Å². The van der Waals surface area contributed by atoms with Gasteiger partial charge in [-0.15, -0.1) is 0 Å². The van der Waals surface area contributed by atoms with Gasteiger partial charge in [-0.2, -0.15) is 5.26 Å². The van der Waals surface area contributed by atoms with Crippen LogP contribution in [-0.4, -0.2) is 53.6 Å². The Kier molecular flexibility index (Phi) is 6.40. The molecule has 0 saturated carbocycles. The lowest BCUT2D eigenvalue weighted by molar-refractivity contribution is 0.249. The van der Waals surface area contributed by atoms with Crippen LogP contribution in [0.5, 0.6) is 0 Å². The summed E-state index contributed by atoms with van der Waals surface area (Å²) >= 11 is 0. The topological polar surface area (TPSA) is 97.2 Å². The molecule has 2 amide bonds. The molecule has 0 unspecified atom stereocenters. The molecule has 3 rings (SSSR count). The van der Waals surface area contributed by atoms with E-state index >= 15 is 0 Å². The first-order valence-corrected chi connectivity index (χ1v) is 9.44. The Bertz CT molecular complexity index is 869. The second kappa shape index (κ2) is 9.15. The number of piperazine rings is 1. The second-order valence-electron chi connectivity index (χ2n) is 6.71. The Balaban J connectivity index is 1.56. The standard InChI is InChI=1S/C20H25N7O/c1-3-22-20(28)25-19-12-16(6-7-23-19)14-26-8-10-27(11-9-26)18-5-4-17(13-21)24-15(18)2/h4-7,12H,3,8-11,14H2,1-2H3,(H2,22,23,25,28). The van der Waals surface area contributed by atoms with E-state index in [1.807, 2.05) is 32.0 Å². The number of hydrogen-bond donors (Lipinski definition) is 2. The summed E-state index contributed by atoms with van der Waals surface area (Å²) in [5, 5.41) is 14.4. The van der Waals surface area contributed by atoms with Gasteiger partial charge in [0.2, 0.25) is 0 Å². The summed E-state index contributed by atoms with van der Waals surface area (Å²) in [6, 6.07) is 9.49. The quantitative estimate of drug-likeness (QED) is 0.826. The number of aromatic nitrogens is 2. The summed E-state index contributed by atoms with van der Waals surface area (Å²) < 4.78 is 0. The summed E-state index contributed by atoms with van der Waals surface area (Å²) in [5.74, 6) is 0.557. The molecule has 146 valence electrons. The summed E-state index contributed by atoms with van der Waals surface area (Å²) in [4.78, 5) is 24.9. The highest BCUT2D eigenvalue weighted by molar-refractivity contribution is 5.88. The minimum Gasteiger partial charge on any atom is -0.368 e. The number of nitriles is 1. The van der Waals surface area contributed by atoms with Crippen LogP contribution in [0.2, 0.25) is 0 Å². The lowest BCUT2D eigenvalue weighted by Gasteiger charge is -2.36. The minimum absolute atomic E-state index is 0.243. The molecule has 0 aromatic carbocycles. The van der Waals surface area contributed by atoms with E-state index in [-0.39, 0.29) is 6.03 Å². The van der Waals surface area contributed by atoms with Crippen LogP contribution in [0.25, 0.3) is 0 Å². The predicted octanol–water partition coefficient (Wildman–Crippen LogP) is 2.12. The molecule has 8 heteroatoms. The Morgan fingerprint density at radius 3 is 2.71 bits per heavy atom. The van der Waals surface area contributed by atoms with Crippen molar-refractivity contribution < 1.29 is 4.79 Å². The lowest BCUT2D eigenvalue weighted by atomic mass is 10.2. The van der Waals surface area contributed by atoms with Gasteiger partial charge in [0.25, 0.3) is 0 Å². The number of hydrogen-bond acceptors (Lipinski definition) is 6. The van der Waals surface area contributed by atoms with Gasteiger partial charge in [-0.3, -0.25) is 10.2 Å². The third kappa shape index (κ3) is 4.96. The van der Waals surface area contributed by atoms with E-state index in [2.05, 4.69) is 36.5 Å². The van der Waals surface area contributed by atoms with Crippen molar-refractivity contribution >= 4 is 17.5 Å². The fourth-order valence-corrected chi connectivity index (χ4v) is 3.32. The molecule has 1 saturated heterocycles. The van der Waals surface area contributed by atoms with Crippen LogP contribution in [0, 0.1) is 18.3 Å². The number of aryl methyl sites for hydroxylation is 1. The first-order valence-electron chi connectivity index (χ1n) is 9.44. The molecular weight excluding hydrogens is 354 g/mol. The van der Waals surface area contributed by atoms with E-state index in [9.17, 15) is 4.79 Å². The lowest BCUT2D eigenvalue weighted by Crippen LogP contribution is -2.46. The molecule has 1 aliphatic heterocycles. The second-order valence-corrected chi connectivity index (χ2v) is 6.71. The number of anilines is 2. The maximum atomic E-state index is 11.7. The highest BCUT2D eigenvalue weighted by atomic mass is 16.2. The van der Waals surface area contributed by atoms with Crippen molar-refractivity contribution in [3.63, 3.8) is 0 Å². The number of nitrogens with one attached hydrogen (secondary N) is 2. The zero-order chi connectivity index (χ0) is 19.9. The average Bonchev–Trinajstić information content (AvgIpc) is 2.69. The number of carbonyl (C=O) groups excluding carboxylic acids is 1. The Morgan fingerprint density at radius 2 is 2.04 bits per heavy atom. The highest BCUT2D eigenvalue weighted by Gasteiger charge is 2.19. The van der Waals surface area contributed by atoms with Crippen molar-refractivity contribution in [2.45, 2.75) is 20.4 Å². The van der Waals surface area contributed by atoms with Gasteiger partial charge in [-0.25, -0.2) is 14.8 Å². The molecule has 0 aliphatic carbocycles. The number of amides is 2. The van der Waals surface area contributed by atoms with Gasteiger partial charge in [0.05, 0.1) is 11.4 Å². The number of rotatable bonds is 5. The van der Waals surface area contributed by atoms with Gasteiger partial charge < -0.3 is 10.2 Å². The maximum Gasteiger partial charge on any atom is 0.320 e. The molecular formula is C20H25N7O. The van der Waals surface area contributed by atoms with Crippen molar-refractivity contribution in [2.24, 2.45) is 0 Å². The molecule has 0 bridgehead atoms. The van der Waals surface area contributed by atoms with Gasteiger partial charge in [0, 0.05) is 45.5 Å². The predicted molar refractivity (Wildman–Crippen MR) is 108 cm³/mol. The Morgan fingerprint density at radius 1 is 1.25 bits per heavy atom. The molecule has 0 radical (unpaired) electrons. The SMILES string of the molecule is CCNC(=O)Nc1cc(CN2CCN(c3ccc(C#N)nc3C)CC2)ccn1. The summed E-state index contributed by atoms with van der Waals surface area (Å²) in [7, 11) is 0. The van der Waals surface area contributed by atoms with Crippen LogP contribution in [0.15, 0.2) is 30.5 Å². The van der Waals surface area contributed by atoms with Gasteiger partial charge in [-0.05, 0) is 43.7 Å². The summed E-state index contributed by atoms with van der Waals surface area (Å²) in [6.07, 6.45) is 1.72. The Hall–Kier alpha value is -3.18. The number of nitrogens with zero attached hydrogens (tertiary/aromatic N) is 5. The normalized spacial score (nSPS) is 14.4. The van der Waals surface area contributed by atoms with Crippen molar-refractivity contribution in [1.82, 2.24) is 20.2 Å². The van der Waals surface area contributed by atoms with E-state index < -0.39 is 0 Å². The van der Waals surface area contributed by atoms with Crippen molar-refractivity contribution in [3.8, 4) is 6.07 Å². The summed E-state index contributed by atoms with van der Waals surface area (Å²) in [5.41, 5.74) is 3.56. The van der Waals surface area contributed by atoms with Crippen LogP contribution in [0.4, 0.5) is 16.3 Å². The van der Waals surface area contributed by atoms with E-state index in [0.29, 0.717) is 18.1 Å². The maximum absolute atomic E-state index is 11.7. The number of carbonyl (C=O) groups is 1. The zero-order valence-electron chi connectivity index (χ0n) is 16.3. The van der Waals surface area contributed by atoms with Crippen LogP contribution >= 0.6 is 0 Å². The molecule has 2 aromatic rings. The molecule has 1 fully saturated rings. The van der Waals surface area contributed by atoms with Crippen LogP contribution in [0.1, 0.15) is 23.9 Å². The van der Waals surface area contributed by atoms with E-state index in [1.165, 1.54) is 0 Å². The average molecular weight is 379 g/mol. The first-order chi connectivity index (χ1) is 13.6. The largest absolute Gasteiger partial charge is 0.368 e. The van der Waals surface area contributed by atoms with E-state index in [1.54, 1.807) is 12.3 Å². The molecule has 0 spiro atoms. The zero-order valence-corrected chi connectivity index (χ0v) is 16.3. The van der Waals surface area contributed by atoms with Crippen LogP contribution in [-0.2, 0) is 6.54 Å². The van der Waals surface area contributed by atoms with Gasteiger partial charge in [-0.1, -0.05) is 0 Å². The number of pyridine rings is 2.